The lowest BCUT2D eigenvalue weighted by atomic mass is 9.87. The Morgan fingerprint density at radius 1 is 1.18 bits per heavy atom. The maximum absolute atomic E-state index is 13.1. The zero-order chi connectivity index (χ0) is 24.1. The first-order valence-electron chi connectivity index (χ1n) is 12.7. The van der Waals surface area contributed by atoms with Crippen molar-refractivity contribution in [2.75, 3.05) is 26.3 Å². The Labute approximate surface area is 203 Å². The van der Waals surface area contributed by atoms with E-state index in [1.165, 1.54) is 17.1 Å². The van der Waals surface area contributed by atoms with Crippen LogP contribution in [0.5, 0.6) is 0 Å². The largest absolute Gasteiger partial charge is 0.379 e. The minimum atomic E-state index is -3.58. The maximum atomic E-state index is 13.1. The van der Waals surface area contributed by atoms with Gasteiger partial charge in [0.05, 0.1) is 29.1 Å². The fourth-order valence-electron chi connectivity index (χ4n) is 4.94. The summed E-state index contributed by atoms with van der Waals surface area (Å²) in [7, 11) is -3.58. The summed E-state index contributed by atoms with van der Waals surface area (Å²) in [6.07, 6.45) is 7.44. The fourth-order valence-corrected chi connectivity index (χ4v) is 6.37. The van der Waals surface area contributed by atoms with Crippen LogP contribution in [0.15, 0.2) is 23.1 Å². The number of sulfonamides is 1. The van der Waals surface area contributed by atoms with Gasteiger partial charge in [-0.25, -0.2) is 13.4 Å². The highest BCUT2D eigenvalue weighted by Gasteiger charge is 2.27. The Bertz CT molecular complexity index is 1080. The zero-order valence-corrected chi connectivity index (χ0v) is 21.3. The van der Waals surface area contributed by atoms with Crippen molar-refractivity contribution >= 4 is 27.0 Å². The fraction of sp³-hybridized carbons (Fsp3) is 0.680. The quantitative estimate of drug-likeness (QED) is 0.581. The van der Waals surface area contributed by atoms with E-state index in [1.54, 1.807) is 12.1 Å². The lowest BCUT2D eigenvalue weighted by Gasteiger charge is -2.26. The van der Waals surface area contributed by atoms with Crippen LogP contribution >= 0.6 is 0 Å². The number of aryl methyl sites for hydroxylation is 2. The molecular formula is C25H38N4O4S. The van der Waals surface area contributed by atoms with Crippen LogP contribution in [0, 0.1) is 5.92 Å². The highest BCUT2D eigenvalue weighted by atomic mass is 32.2. The van der Waals surface area contributed by atoms with Gasteiger partial charge in [0.25, 0.3) is 0 Å². The molecule has 1 N–H and O–H groups in total. The van der Waals surface area contributed by atoms with Crippen LogP contribution in [0.25, 0.3) is 11.0 Å². The van der Waals surface area contributed by atoms with Gasteiger partial charge in [0.15, 0.2) is 0 Å². The number of hydrogen-bond donors (Lipinski definition) is 1. The van der Waals surface area contributed by atoms with E-state index in [9.17, 15) is 13.2 Å². The molecule has 1 aliphatic carbocycles. The van der Waals surface area contributed by atoms with E-state index in [0.29, 0.717) is 44.7 Å². The number of hydrogen-bond acceptors (Lipinski definition) is 5. The van der Waals surface area contributed by atoms with Crippen LogP contribution in [0.1, 0.15) is 64.6 Å². The highest BCUT2D eigenvalue weighted by molar-refractivity contribution is 7.89. The molecule has 188 valence electrons. The molecule has 1 saturated heterocycles. The molecule has 8 nitrogen and oxygen atoms in total. The number of aromatic nitrogens is 2. The summed E-state index contributed by atoms with van der Waals surface area (Å²) in [5.74, 6) is 1.67. The summed E-state index contributed by atoms with van der Waals surface area (Å²) in [5.41, 5.74) is 1.59. The Kier molecular flexibility index (Phi) is 8.26. The lowest BCUT2D eigenvalue weighted by Crippen LogP contribution is -2.40. The van der Waals surface area contributed by atoms with Crippen molar-refractivity contribution in [3.05, 3.63) is 24.0 Å². The summed E-state index contributed by atoms with van der Waals surface area (Å²) >= 11 is 0. The van der Waals surface area contributed by atoms with E-state index in [1.807, 2.05) is 6.07 Å². The minimum Gasteiger partial charge on any atom is -0.379 e. The summed E-state index contributed by atoms with van der Waals surface area (Å²) in [6.45, 7) is 6.79. The van der Waals surface area contributed by atoms with Gasteiger partial charge in [-0.1, -0.05) is 20.3 Å². The monoisotopic (exact) mass is 490 g/mol. The molecule has 1 aromatic heterocycles. The number of ether oxygens (including phenoxy) is 1. The molecule has 1 saturated carbocycles. The second kappa shape index (κ2) is 11.2. The van der Waals surface area contributed by atoms with Crippen LogP contribution in [0.3, 0.4) is 0 Å². The molecule has 34 heavy (non-hydrogen) atoms. The SMILES string of the molecule is CCCCn1c(CCC(=O)NC2CCC(C)CC2)nc2cc(S(=O)(=O)N3CCOCC3)ccc21. The minimum absolute atomic E-state index is 0.0734. The predicted molar refractivity (Wildman–Crippen MR) is 132 cm³/mol. The Balaban J connectivity index is 1.50. The van der Waals surface area contributed by atoms with E-state index in [-0.39, 0.29) is 16.8 Å². The van der Waals surface area contributed by atoms with Crippen molar-refractivity contribution in [3.63, 3.8) is 0 Å². The number of fused-ring (bicyclic) bond motifs is 1. The number of rotatable bonds is 9. The molecule has 0 bridgehead atoms. The van der Waals surface area contributed by atoms with Gasteiger partial charge in [0.1, 0.15) is 5.82 Å². The molecule has 9 heteroatoms. The van der Waals surface area contributed by atoms with E-state index < -0.39 is 10.0 Å². The average Bonchev–Trinajstić information content (AvgIpc) is 3.20. The molecule has 1 aromatic carbocycles. The van der Waals surface area contributed by atoms with Crippen LogP contribution < -0.4 is 5.32 Å². The Morgan fingerprint density at radius 2 is 1.91 bits per heavy atom. The standard InChI is InChI=1S/C25H38N4O4S/c1-3-4-13-29-23-10-9-21(34(31,32)28-14-16-33-17-15-28)18-22(23)27-24(29)11-12-25(30)26-20-7-5-19(2)6-8-20/h9-10,18-20H,3-8,11-17H2,1-2H3,(H,26,30). The second-order valence-electron chi connectivity index (χ2n) is 9.72. The normalized spacial score (nSPS) is 22.2. The molecule has 0 atom stereocenters. The highest BCUT2D eigenvalue weighted by Crippen LogP contribution is 2.25. The molecule has 2 aliphatic rings. The second-order valence-corrected chi connectivity index (χ2v) is 11.7. The Morgan fingerprint density at radius 3 is 2.62 bits per heavy atom. The zero-order valence-electron chi connectivity index (χ0n) is 20.5. The molecule has 2 heterocycles. The number of nitrogens with one attached hydrogen (secondary N) is 1. The van der Waals surface area contributed by atoms with E-state index in [2.05, 4.69) is 23.7 Å². The third-order valence-corrected chi connectivity index (χ3v) is 8.99. The number of benzene rings is 1. The van der Waals surface area contributed by atoms with E-state index in [4.69, 9.17) is 9.72 Å². The number of imidazole rings is 1. The van der Waals surface area contributed by atoms with Gasteiger partial charge < -0.3 is 14.6 Å². The van der Waals surface area contributed by atoms with Gasteiger partial charge in [-0.15, -0.1) is 0 Å². The molecule has 0 radical (unpaired) electrons. The van der Waals surface area contributed by atoms with Gasteiger partial charge in [-0.05, 0) is 56.2 Å². The number of carbonyl (C=O) groups is 1. The van der Waals surface area contributed by atoms with Gasteiger partial charge in [0, 0.05) is 38.5 Å². The van der Waals surface area contributed by atoms with Crippen LogP contribution in [0.2, 0.25) is 0 Å². The smallest absolute Gasteiger partial charge is 0.243 e. The predicted octanol–water partition coefficient (Wildman–Crippen LogP) is 3.48. The van der Waals surface area contributed by atoms with Crippen molar-refractivity contribution < 1.29 is 17.9 Å². The summed E-state index contributed by atoms with van der Waals surface area (Å²) in [6, 6.07) is 5.50. The summed E-state index contributed by atoms with van der Waals surface area (Å²) in [5, 5.41) is 3.20. The van der Waals surface area contributed by atoms with Gasteiger partial charge in [-0.3, -0.25) is 4.79 Å². The molecule has 0 unspecified atom stereocenters. The number of unbranched alkanes of at least 4 members (excludes halogenated alkanes) is 1. The van der Waals surface area contributed by atoms with Crippen molar-refractivity contribution in [2.24, 2.45) is 5.92 Å². The molecule has 1 aliphatic heterocycles. The van der Waals surface area contributed by atoms with Crippen molar-refractivity contribution in [1.82, 2.24) is 19.2 Å². The molecule has 4 rings (SSSR count). The molecular weight excluding hydrogens is 452 g/mol. The molecule has 1 amide bonds. The topological polar surface area (TPSA) is 93.5 Å². The van der Waals surface area contributed by atoms with Gasteiger partial charge >= 0.3 is 0 Å². The first kappa shape index (κ1) is 25.1. The first-order chi connectivity index (χ1) is 16.4. The number of amides is 1. The third kappa shape index (κ3) is 5.80. The van der Waals surface area contributed by atoms with Gasteiger partial charge in [-0.2, -0.15) is 4.31 Å². The lowest BCUT2D eigenvalue weighted by molar-refractivity contribution is -0.122. The molecule has 0 spiro atoms. The molecule has 2 aromatic rings. The maximum Gasteiger partial charge on any atom is 0.243 e. The first-order valence-corrected chi connectivity index (χ1v) is 14.2. The van der Waals surface area contributed by atoms with Gasteiger partial charge in [0.2, 0.25) is 15.9 Å². The number of nitrogens with zero attached hydrogens (tertiary/aromatic N) is 3. The summed E-state index contributed by atoms with van der Waals surface area (Å²) in [4.78, 5) is 17.7. The Hall–Kier alpha value is -1.97. The number of morpholine rings is 1. The van der Waals surface area contributed by atoms with Crippen molar-refractivity contribution in [1.29, 1.82) is 0 Å². The third-order valence-electron chi connectivity index (χ3n) is 7.10. The van der Waals surface area contributed by atoms with Crippen LogP contribution in [-0.4, -0.2) is 60.5 Å². The van der Waals surface area contributed by atoms with Crippen molar-refractivity contribution in [2.45, 2.75) is 82.7 Å². The van der Waals surface area contributed by atoms with Crippen molar-refractivity contribution in [3.8, 4) is 0 Å². The molecule has 2 fully saturated rings. The van der Waals surface area contributed by atoms with Crippen LogP contribution in [0.4, 0.5) is 0 Å². The van der Waals surface area contributed by atoms with E-state index in [0.717, 1.165) is 49.5 Å². The summed E-state index contributed by atoms with van der Waals surface area (Å²) < 4.78 is 35.1. The number of carbonyl (C=O) groups excluding carboxylic acids is 1. The van der Waals surface area contributed by atoms with E-state index >= 15 is 0 Å². The van der Waals surface area contributed by atoms with Crippen LogP contribution in [-0.2, 0) is 32.5 Å². The average molecular weight is 491 g/mol.